The van der Waals surface area contributed by atoms with Crippen LogP contribution >= 0.6 is 22.7 Å². The van der Waals surface area contributed by atoms with Gasteiger partial charge in [0.25, 0.3) is 5.91 Å². The first-order valence-corrected chi connectivity index (χ1v) is 10.8. The summed E-state index contributed by atoms with van der Waals surface area (Å²) in [5.74, 6) is -0.0266. The first-order valence-electron chi connectivity index (χ1n) is 9.00. The standard InChI is InChI=1S/C20H14F3N5O2S2/c1-30-15-6-3-2-5-12(15)10-24-26-18(29)13-11-32-19(25-13)28-14(16-7-4-8-31-16)9-17(27-28)20(21,22)23/h2-11H,1H3,(H,26,29)/b24-10+. The maximum absolute atomic E-state index is 13.2. The Hall–Kier alpha value is -3.51. The van der Waals surface area contributed by atoms with Crippen LogP contribution in [0.3, 0.4) is 0 Å². The van der Waals surface area contributed by atoms with Gasteiger partial charge in [0, 0.05) is 10.9 Å². The summed E-state index contributed by atoms with van der Waals surface area (Å²) >= 11 is 2.27. The Bertz CT molecular complexity index is 1260. The summed E-state index contributed by atoms with van der Waals surface area (Å²) in [5.41, 5.74) is 2.21. The Morgan fingerprint density at radius 3 is 2.75 bits per heavy atom. The molecule has 0 radical (unpaired) electrons. The van der Waals surface area contributed by atoms with Gasteiger partial charge in [-0.15, -0.1) is 22.7 Å². The molecule has 1 amide bonds. The van der Waals surface area contributed by atoms with Gasteiger partial charge in [0.05, 0.1) is 23.9 Å². The largest absolute Gasteiger partial charge is 0.496 e. The maximum atomic E-state index is 13.2. The van der Waals surface area contributed by atoms with Gasteiger partial charge in [-0.05, 0) is 29.6 Å². The van der Waals surface area contributed by atoms with Crippen LogP contribution in [0.15, 0.2) is 58.3 Å². The molecule has 1 aromatic carbocycles. The Balaban J connectivity index is 1.57. The van der Waals surface area contributed by atoms with E-state index in [9.17, 15) is 18.0 Å². The average Bonchev–Trinajstić information content (AvgIpc) is 3.53. The number of benzene rings is 1. The third-order valence-corrected chi connectivity index (χ3v) is 5.90. The van der Waals surface area contributed by atoms with Gasteiger partial charge in [-0.1, -0.05) is 18.2 Å². The number of hydrogen-bond acceptors (Lipinski definition) is 7. The van der Waals surface area contributed by atoms with Gasteiger partial charge in [0.1, 0.15) is 11.4 Å². The van der Waals surface area contributed by atoms with E-state index < -0.39 is 17.8 Å². The highest BCUT2D eigenvalue weighted by molar-refractivity contribution is 7.13. The van der Waals surface area contributed by atoms with Crippen LogP contribution in [-0.4, -0.2) is 34.0 Å². The second kappa shape index (κ2) is 8.93. The van der Waals surface area contributed by atoms with E-state index in [0.29, 0.717) is 16.2 Å². The molecule has 164 valence electrons. The highest BCUT2D eigenvalue weighted by Crippen LogP contribution is 2.35. The zero-order valence-corrected chi connectivity index (χ0v) is 18.0. The second-order valence-corrected chi connectivity index (χ2v) is 8.04. The highest BCUT2D eigenvalue weighted by Gasteiger charge is 2.35. The third-order valence-electron chi connectivity index (χ3n) is 4.19. The van der Waals surface area contributed by atoms with Crippen molar-refractivity contribution < 1.29 is 22.7 Å². The van der Waals surface area contributed by atoms with Crippen molar-refractivity contribution in [1.82, 2.24) is 20.2 Å². The molecule has 4 aromatic rings. The lowest BCUT2D eigenvalue weighted by molar-refractivity contribution is -0.141. The van der Waals surface area contributed by atoms with Gasteiger partial charge in [-0.25, -0.2) is 15.1 Å². The zero-order valence-electron chi connectivity index (χ0n) is 16.3. The molecule has 0 saturated carbocycles. The molecule has 0 bridgehead atoms. The lowest BCUT2D eigenvalue weighted by Crippen LogP contribution is -2.18. The van der Waals surface area contributed by atoms with E-state index in [0.717, 1.165) is 22.1 Å². The molecule has 32 heavy (non-hydrogen) atoms. The van der Waals surface area contributed by atoms with Crippen LogP contribution in [0, 0.1) is 0 Å². The number of nitrogens with one attached hydrogen (secondary N) is 1. The number of hydrogen-bond donors (Lipinski definition) is 1. The molecule has 4 rings (SSSR count). The highest BCUT2D eigenvalue weighted by atomic mass is 32.1. The average molecular weight is 477 g/mol. The second-order valence-electron chi connectivity index (χ2n) is 6.26. The van der Waals surface area contributed by atoms with Crippen LogP contribution in [0.2, 0.25) is 0 Å². The quantitative estimate of drug-likeness (QED) is 0.318. The van der Waals surface area contributed by atoms with Crippen LogP contribution < -0.4 is 10.2 Å². The van der Waals surface area contributed by atoms with Crippen molar-refractivity contribution in [2.75, 3.05) is 7.11 Å². The summed E-state index contributed by atoms with van der Waals surface area (Å²) in [6, 6.07) is 11.5. The Morgan fingerprint density at radius 2 is 2.03 bits per heavy atom. The molecule has 0 spiro atoms. The SMILES string of the molecule is COc1ccccc1/C=N/NC(=O)c1csc(-n2nc(C(F)(F)F)cc2-c2cccs2)n1. The summed E-state index contributed by atoms with van der Waals surface area (Å²) in [6.45, 7) is 0. The van der Waals surface area contributed by atoms with Gasteiger partial charge in [-0.2, -0.15) is 23.4 Å². The zero-order chi connectivity index (χ0) is 22.7. The first-order chi connectivity index (χ1) is 15.4. The number of amides is 1. The van der Waals surface area contributed by atoms with Gasteiger partial charge in [0.15, 0.2) is 5.69 Å². The van der Waals surface area contributed by atoms with Crippen molar-refractivity contribution in [1.29, 1.82) is 0 Å². The number of thiazole rings is 1. The molecule has 0 fully saturated rings. The number of aromatic nitrogens is 3. The fraction of sp³-hybridized carbons (Fsp3) is 0.100. The molecule has 3 aromatic heterocycles. The van der Waals surface area contributed by atoms with Gasteiger partial charge in [-0.3, -0.25) is 4.79 Å². The topological polar surface area (TPSA) is 81.4 Å². The van der Waals surface area contributed by atoms with Crippen LogP contribution in [0.4, 0.5) is 13.2 Å². The number of ether oxygens (including phenoxy) is 1. The number of carbonyl (C=O) groups excluding carboxylic acids is 1. The predicted octanol–water partition coefficient (Wildman–Crippen LogP) is 4.85. The molecule has 3 heterocycles. The van der Waals surface area contributed by atoms with Crippen molar-refractivity contribution in [3.8, 4) is 21.5 Å². The van der Waals surface area contributed by atoms with E-state index in [-0.39, 0.29) is 16.5 Å². The van der Waals surface area contributed by atoms with Crippen molar-refractivity contribution in [3.05, 3.63) is 70.2 Å². The number of thiophene rings is 1. The number of halogens is 3. The molecule has 0 saturated heterocycles. The van der Waals surface area contributed by atoms with E-state index >= 15 is 0 Å². The van der Waals surface area contributed by atoms with Gasteiger partial charge < -0.3 is 4.74 Å². The van der Waals surface area contributed by atoms with Crippen molar-refractivity contribution >= 4 is 34.8 Å². The molecule has 1 N–H and O–H groups in total. The molecule has 12 heteroatoms. The molecule has 0 unspecified atom stereocenters. The molecule has 0 aliphatic carbocycles. The monoisotopic (exact) mass is 477 g/mol. The molecule has 0 aliphatic heterocycles. The normalized spacial score (nSPS) is 11.8. The number of para-hydroxylation sites is 1. The fourth-order valence-corrected chi connectivity index (χ4v) is 4.22. The number of rotatable bonds is 6. The maximum Gasteiger partial charge on any atom is 0.435 e. The molecule has 0 aliphatic rings. The Labute approximate surface area is 187 Å². The summed E-state index contributed by atoms with van der Waals surface area (Å²) in [5, 5.41) is 10.9. The molecular weight excluding hydrogens is 463 g/mol. The van der Waals surface area contributed by atoms with E-state index in [1.165, 1.54) is 30.0 Å². The Kier molecular flexibility index (Phi) is 6.06. The van der Waals surface area contributed by atoms with Gasteiger partial charge >= 0.3 is 6.18 Å². The van der Waals surface area contributed by atoms with Crippen LogP contribution in [0.25, 0.3) is 15.7 Å². The summed E-state index contributed by atoms with van der Waals surface area (Å²) in [4.78, 5) is 17.1. The number of carbonyl (C=O) groups is 1. The number of nitrogens with zero attached hydrogens (tertiary/aromatic N) is 4. The molecule has 7 nitrogen and oxygen atoms in total. The van der Waals surface area contributed by atoms with Crippen LogP contribution in [-0.2, 0) is 6.18 Å². The van der Waals surface area contributed by atoms with E-state index in [1.807, 2.05) is 0 Å². The summed E-state index contributed by atoms with van der Waals surface area (Å²) in [6.07, 6.45) is -3.19. The molecule has 0 atom stereocenters. The van der Waals surface area contributed by atoms with E-state index in [1.54, 1.807) is 41.8 Å². The molecular formula is C20H14F3N5O2S2. The minimum atomic E-state index is -4.61. The predicted molar refractivity (Wildman–Crippen MR) is 116 cm³/mol. The van der Waals surface area contributed by atoms with Crippen LogP contribution in [0.1, 0.15) is 21.7 Å². The van der Waals surface area contributed by atoms with Crippen molar-refractivity contribution in [2.24, 2.45) is 5.10 Å². The lowest BCUT2D eigenvalue weighted by Gasteiger charge is -2.03. The summed E-state index contributed by atoms with van der Waals surface area (Å²) in [7, 11) is 1.52. The Morgan fingerprint density at radius 1 is 1.22 bits per heavy atom. The number of hydrazone groups is 1. The fourth-order valence-electron chi connectivity index (χ4n) is 2.72. The van der Waals surface area contributed by atoms with Gasteiger partial charge in [0.2, 0.25) is 5.13 Å². The summed E-state index contributed by atoms with van der Waals surface area (Å²) < 4.78 is 46.0. The minimum Gasteiger partial charge on any atom is -0.496 e. The van der Waals surface area contributed by atoms with E-state index in [2.05, 4.69) is 20.6 Å². The van der Waals surface area contributed by atoms with Crippen LogP contribution in [0.5, 0.6) is 5.75 Å². The first kappa shape index (κ1) is 21.7. The lowest BCUT2D eigenvalue weighted by atomic mass is 10.2. The van der Waals surface area contributed by atoms with Crippen molar-refractivity contribution in [3.63, 3.8) is 0 Å². The number of alkyl halides is 3. The minimum absolute atomic E-state index is 0.00312. The number of methoxy groups -OCH3 is 1. The third kappa shape index (κ3) is 4.55. The smallest absolute Gasteiger partial charge is 0.435 e. The van der Waals surface area contributed by atoms with Crippen molar-refractivity contribution in [2.45, 2.75) is 6.18 Å². The van der Waals surface area contributed by atoms with E-state index in [4.69, 9.17) is 4.74 Å².